The summed E-state index contributed by atoms with van der Waals surface area (Å²) in [5, 5.41) is 1.31. The van der Waals surface area contributed by atoms with Crippen LogP contribution in [0.15, 0.2) is 153 Å². The molecule has 0 saturated carbocycles. The van der Waals surface area contributed by atoms with Crippen molar-refractivity contribution in [3.05, 3.63) is 170 Å². The van der Waals surface area contributed by atoms with Crippen LogP contribution in [0.5, 0.6) is 0 Å². The number of anilines is 2. The monoisotopic (exact) mass is 568 g/mol. The summed E-state index contributed by atoms with van der Waals surface area (Å²) < 4.78 is 2.32. The van der Waals surface area contributed by atoms with Gasteiger partial charge in [-0.05, 0) is 83.6 Å². The maximum atomic E-state index is 4.32. The first kappa shape index (κ1) is 27.5. The average Bonchev–Trinajstić information content (AvgIpc) is 3.59. The third-order valence-electron chi connectivity index (χ3n) is 8.72. The maximum absolute atomic E-state index is 4.32. The van der Waals surface area contributed by atoms with Gasteiger partial charge in [0.1, 0.15) is 0 Å². The number of para-hydroxylation sites is 2. The molecule has 0 saturated heterocycles. The van der Waals surface area contributed by atoms with E-state index in [-0.39, 0.29) is 12.0 Å². The number of hydrogen-bond acceptors (Lipinski definition) is 1. The van der Waals surface area contributed by atoms with Crippen LogP contribution in [-0.4, -0.2) is 10.6 Å². The van der Waals surface area contributed by atoms with E-state index in [2.05, 4.69) is 169 Å². The fraction of sp³-hybridized carbons (Fsp3) is 0.0952. The molecule has 2 heterocycles. The minimum Gasteiger partial charge on any atom is -0.333 e. The van der Waals surface area contributed by atoms with Crippen LogP contribution in [0.25, 0.3) is 44.9 Å². The van der Waals surface area contributed by atoms with Gasteiger partial charge in [0, 0.05) is 28.4 Å². The van der Waals surface area contributed by atoms with E-state index in [0.29, 0.717) is 0 Å². The molecule has 0 amide bonds. The standard InChI is InChI=1S/C39H30N2.C3H6/c1-26(2)40-34-17-8-6-15-32(34)38-36(40)23-24-37-39(38)33-16-7-9-18-35(33)41(37)31-21-19-28(20-22-31)30-14-10-13-29(25-30)27-11-4-3-5-12-27;1-3-2/h3-25,37,39H,1H2,2H3;3H,1H2,2H3. The Kier molecular flexibility index (Phi) is 7.12. The molecule has 44 heavy (non-hydrogen) atoms. The summed E-state index contributed by atoms with van der Waals surface area (Å²) in [6.45, 7) is 11.7. The Morgan fingerprint density at radius 1 is 0.705 bits per heavy atom. The molecule has 2 nitrogen and oxygen atoms in total. The summed E-state index contributed by atoms with van der Waals surface area (Å²) in [4.78, 5) is 2.52. The van der Waals surface area contributed by atoms with Gasteiger partial charge in [-0.2, -0.15) is 0 Å². The molecule has 0 radical (unpaired) electrons. The van der Waals surface area contributed by atoms with Gasteiger partial charge in [0.05, 0.1) is 17.3 Å². The Bertz CT molecular complexity index is 2020. The van der Waals surface area contributed by atoms with Gasteiger partial charge in [-0.1, -0.05) is 116 Å². The topological polar surface area (TPSA) is 8.17 Å². The second-order valence-corrected chi connectivity index (χ2v) is 11.5. The molecule has 5 aromatic carbocycles. The highest BCUT2D eigenvalue weighted by Gasteiger charge is 2.43. The zero-order valence-electron chi connectivity index (χ0n) is 25.3. The Hall–Kier alpha value is -5.34. The quantitative estimate of drug-likeness (QED) is 0.192. The van der Waals surface area contributed by atoms with Crippen LogP contribution in [0.2, 0.25) is 0 Å². The first-order valence-corrected chi connectivity index (χ1v) is 15.3. The molecule has 0 fully saturated rings. The highest BCUT2D eigenvalue weighted by atomic mass is 15.2. The molecule has 0 spiro atoms. The molecule has 2 heteroatoms. The number of aromatic nitrogens is 1. The Balaban J connectivity index is 0.00000100. The fourth-order valence-electron chi connectivity index (χ4n) is 7.00. The second-order valence-electron chi connectivity index (χ2n) is 11.5. The van der Waals surface area contributed by atoms with Gasteiger partial charge in [0.2, 0.25) is 0 Å². The highest BCUT2D eigenvalue weighted by molar-refractivity contribution is 5.95. The molecular formula is C42H36N2. The molecule has 1 aromatic heterocycles. The van der Waals surface area contributed by atoms with E-state index < -0.39 is 0 Å². The van der Waals surface area contributed by atoms with Gasteiger partial charge in [0.25, 0.3) is 0 Å². The van der Waals surface area contributed by atoms with Gasteiger partial charge in [-0.15, -0.1) is 6.58 Å². The summed E-state index contributed by atoms with van der Waals surface area (Å²) in [7, 11) is 0. The number of benzene rings is 5. The molecule has 2 aliphatic rings. The van der Waals surface area contributed by atoms with Crippen LogP contribution >= 0.6 is 0 Å². The van der Waals surface area contributed by atoms with Gasteiger partial charge in [-0.3, -0.25) is 0 Å². The lowest BCUT2D eigenvalue weighted by Crippen LogP contribution is -2.30. The van der Waals surface area contributed by atoms with Gasteiger partial charge in [0.15, 0.2) is 0 Å². The van der Waals surface area contributed by atoms with Crippen molar-refractivity contribution in [2.24, 2.45) is 0 Å². The normalized spacial score (nSPS) is 16.0. The van der Waals surface area contributed by atoms with Crippen molar-refractivity contribution in [1.82, 2.24) is 4.57 Å². The summed E-state index contributed by atoms with van der Waals surface area (Å²) in [5.41, 5.74) is 13.7. The molecule has 2 atom stereocenters. The third kappa shape index (κ3) is 4.51. The molecule has 6 aromatic rings. The molecule has 0 N–H and O–H groups in total. The molecule has 0 bridgehead atoms. The summed E-state index contributed by atoms with van der Waals surface area (Å²) in [6.07, 6.45) is 6.45. The van der Waals surface area contributed by atoms with E-state index in [4.69, 9.17) is 0 Å². The largest absolute Gasteiger partial charge is 0.333 e. The van der Waals surface area contributed by atoms with Crippen molar-refractivity contribution in [3.63, 3.8) is 0 Å². The number of rotatable bonds is 4. The van der Waals surface area contributed by atoms with Crippen molar-refractivity contribution in [2.75, 3.05) is 4.90 Å². The minimum absolute atomic E-state index is 0.205. The average molecular weight is 569 g/mol. The Morgan fingerprint density at radius 2 is 1.32 bits per heavy atom. The highest BCUT2D eigenvalue weighted by Crippen LogP contribution is 2.53. The maximum Gasteiger partial charge on any atom is 0.0637 e. The van der Waals surface area contributed by atoms with E-state index in [0.717, 1.165) is 5.70 Å². The molecule has 1 aliphatic heterocycles. The van der Waals surface area contributed by atoms with Crippen molar-refractivity contribution in [1.29, 1.82) is 0 Å². The van der Waals surface area contributed by atoms with E-state index in [9.17, 15) is 0 Å². The first-order chi connectivity index (χ1) is 21.6. The van der Waals surface area contributed by atoms with E-state index in [1.165, 1.54) is 61.4 Å². The Morgan fingerprint density at radius 3 is 2.05 bits per heavy atom. The van der Waals surface area contributed by atoms with Gasteiger partial charge in [-0.25, -0.2) is 0 Å². The molecule has 2 unspecified atom stereocenters. The number of hydrogen-bond donors (Lipinski definition) is 0. The van der Waals surface area contributed by atoms with E-state index in [1.54, 1.807) is 6.08 Å². The lowest BCUT2D eigenvalue weighted by molar-refractivity contribution is 0.726. The lowest BCUT2D eigenvalue weighted by Gasteiger charge is -2.31. The molecule has 8 rings (SSSR count). The van der Waals surface area contributed by atoms with Crippen molar-refractivity contribution in [2.45, 2.75) is 25.8 Å². The SMILES string of the molecule is C=C(C)n1c2c(c3ccccc31)C1c3ccccc3N(c3ccc(-c4cccc(-c5ccccc5)c4)cc3)C1C=C2.C=CC. The Labute approximate surface area is 260 Å². The van der Waals surface area contributed by atoms with Crippen LogP contribution in [0.3, 0.4) is 0 Å². The van der Waals surface area contributed by atoms with E-state index in [1.807, 2.05) is 6.92 Å². The summed E-state index contributed by atoms with van der Waals surface area (Å²) >= 11 is 0. The molecular weight excluding hydrogens is 532 g/mol. The van der Waals surface area contributed by atoms with Crippen LogP contribution in [0, 0.1) is 0 Å². The van der Waals surface area contributed by atoms with Crippen LogP contribution in [-0.2, 0) is 0 Å². The van der Waals surface area contributed by atoms with Crippen molar-refractivity contribution < 1.29 is 0 Å². The zero-order valence-corrected chi connectivity index (χ0v) is 25.3. The predicted molar refractivity (Wildman–Crippen MR) is 189 cm³/mol. The minimum atomic E-state index is 0.205. The predicted octanol–water partition coefficient (Wildman–Crippen LogP) is 11.3. The van der Waals surface area contributed by atoms with Crippen molar-refractivity contribution >= 4 is 34.1 Å². The number of nitrogens with zero attached hydrogens (tertiary/aromatic N) is 2. The first-order valence-electron chi connectivity index (χ1n) is 15.3. The molecule has 1 aliphatic carbocycles. The van der Waals surface area contributed by atoms with Gasteiger partial charge < -0.3 is 9.47 Å². The van der Waals surface area contributed by atoms with Crippen LogP contribution < -0.4 is 4.90 Å². The zero-order chi connectivity index (χ0) is 30.2. The van der Waals surface area contributed by atoms with Gasteiger partial charge >= 0.3 is 0 Å². The van der Waals surface area contributed by atoms with Crippen LogP contribution in [0.4, 0.5) is 11.4 Å². The second kappa shape index (κ2) is 11.4. The number of allylic oxidation sites excluding steroid dienone is 2. The van der Waals surface area contributed by atoms with Crippen molar-refractivity contribution in [3.8, 4) is 22.3 Å². The smallest absolute Gasteiger partial charge is 0.0637 e. The van der Waals surface area contributed by atoms with E-state index >= 15 is 0 Å². The fourth-order valence-corrected chi connectivity index (χ4v) is 7.00. The lowest BCUT2D eigenvalue weighted by atomic mass is 9.82. The number of fused-ring (bicyclic) bond motifs is 7. The summed E-state index contributed by atoms with van der Waals surface area (Å²) in [6, 6.07) is 46.4. The molecule has 214 valence electrons. The van der Waals surface area contributed by atoms with Crippen LogP contribution in [0.1, 0.15) is 36.6 Å². The third-order valence-corrected chi connectivity index (χ3v) is 8.72. The summed E-state index contributed by atoms with van der Waals surface area (Å²) in [5.74, 6) is 0.249.